The van der Waals surface area contributed by atoms with Gasteiger partial charge in [-0.05, 0) is 30.5 Å². The molecule has 0 fully saturated rings. The molecule has 4 N–H and O–H groups in total. The second-order valence-electron chi connectivity index (χ2n) is 5.52. The van der Waals surface area contributed by atoms with E-state index in [1.807, 2.05) is 13.8 Å². The fourth-order valence-electron chi connectivity index (χ4n) is 1.90. The minimum atomic E-state index is -1.19. The predicted octanol–water partition coefficient (Wildman–Crippen LogP) is 2.33. The van der Waals surface area contributed by atoms with Crippen LogP contribution in [0.1, 0.15) is 20.3 Å². The molecule has 1 rings (SSSR count). The van der Waals surface area contributed by atoms with Gasteiger partial charge in [0.05, 0.1) is 5.69 Å². The van der Waals surface area contributed by atoms with Crippen molar-refractivity contribution in [1.29, 1.82) is 0 Å². The molecule has 0 radical (unpaired) electrons. The summed E-state index contributed by atoms with van der Waals surface area (Å²) in [6, 6.07) is 2.45. The highest BCUT2D eigenvalue weighted by atomic mass is 79.9. The number of hydrogen-bond acceptors (Lipinski definition) is 3. The quantitative estimate of drug-likeness (QED) is 0.560. The third-order valence-corrected chi connectivity index (χ3v) is 3.42. The highest BCUT2D eigenvalue weighted by Gasteiger charge is 2.22. The van der Waals surface area contributed by atoms with Crippen molar-refractivity contribution in [1.82, 2.24) is 10.6 Å². The molecule has 0 aliphatic heterocycles. The molecule has 0 saturated carbocycles. The summed E-state index contributed by atoms with van der Waals surface area (Å²) in [6.45, 7) is 3.16. The average molecular weight is 404 g/mol. The Morgan fingerprint density at radius 1 is 1.29 bits per heavy atom. The molecule has 1 atom stereocenters. The Hall–Kier alpha value is -2.16. The van der Waals surface area contributed by atoms with E-state index in [1.165, 1.54) is 12.1 Å². The number of halogens is 2. The zero-order valence-electron chi connectivity index (χ0n) is 13.2. The van der Waals surface area contributed by atoms with Gasteiger partial charge in [0, 0.05) is 4.47 Å². The van der Waals surface area contributed by atoms with E-state index in [0.717, 1.165) is 0 Å². The molecule has 9 heteroatoms. The van der Waals surface area contributed by atoms with Crippen LogP contribution >= 0.6 is 15.9 Å². The Bertz CT molecular complexity index is 625. The summed E-state index contributed by atoms with van der Waals surface area (Å²) in [6.07, 6.45) is 0.307. The second kappa shape index (κ2) is 9.21. The molecule has 0 aliphatic carbocycles. The molecule has 0 aliphatic rings. The van der Waals surface area contributed by atoms with E-state index in [2.05, 4.69) is 31.9 Å². The molecule has 0 saturated heterocycles. The van der Waals surface area contributed by atoms with Gasteiger partial charge in [-0.15, -0.1) is 0 Å². The number of carboxylic acid groups (broad SMARTS) is 1. The van der Waals surface area contributed by atoms with Crippen molar-refractivity contribution in [2.24, 2.45) is 5.92 Å². The Kier molecular flexibility index (Phi) is 7.63. The van der Waals surface area contributed by atoms with Crippen molar-refractivity contribution < 1.29 is 23.9 Å². The first-order valence-corrected chi connectivity index (χ1v) is 8.00. The van der Waals surface area contributed by atoms with E-state index in [9.17, 15) is 18.8 Å². The van der Waals surface area contributed by atoms with E-state index in [0.29, 0.717) is 10.9 Å². The topological polar surface area (TPSA) is 108 Å². The number of rotatable bonds is 7. The Labute approximate surface area is 147 Å². The average Bonchev–Trinajstić information content (AvgIpc) is 2.46. The van der Waals surface area contributed by atoms with E-state index < -0.39 is 36.3 Å². The SMILES string of the molecule is CC(C)C[C@@H](NC(=O)Nc1ccc(Br)cc1F)C(=O)NCC(=O)O. The molecule has 24 heavy (non-hydrogen) atoms. The molecule has 0 bridgehead atoms. The van der Waals surface area contributed by atoms with Crippen LogP contribution in [0.15, 0.2) is 22.7 Å². The van der Waals surface area contributed by atoms with E-state index in [4.69, 9.17) is 5.11 Å². The van der Waals surface area contributed by atoms with Crippen molar-refractivity contribution >= 4 is 39.5 Å². The fourth-order valence-corrected chi connectivity index (χ4v) is 2.23. The lowest BCUT2D eigenvalue weighted by Crippen LogP contribution is -2.49. The first kappa shape index (κ1) is 19.9. The lowest BCUT2D eigenvalue weighted by molar-refractivity contribution is -0.138. The van der Waals surface area contributed by atoms with Gasteiger partial charge < -0.3 is 21.1 Å². The molecular weight excluding hydrogens is 385 g/mol. The van der Waals surface area contributed by atoms with Crippen molar-refractivity contribution in [2.45, 2.75) is 26.3 Å². The normalized spacial score (nSPS) is 11.7. The Morgan fingerprint density at radius 2 is 1.96 bits per heavy atom. The maximum atomic E-state index is 13.7. The van der Waals surface area contributed by atoms with Crippen LogP contribution in [0, 0.1) is 11.7 Å². The van der Waals surface area contributed by atoms with Gasteiger partial charge in [0.15, 0.2) is 0 Å². The number of aliphatic carboxylic acids is 1. The number of urea groups is 1. The molecule has 132 valence electrons. The summed E-state index contributed by atoms with van der Waals surface area (Å²) >= 11 is 3.11. The van der Waals surface area contributed by atoms with Crippen molar-refractivity contribution in [2.75, 3.05) is 11.9 Å². The van der Waals surface area contributed by atoms with Crippen LogP contribution in [0.2, 0.25) is 0 Å². The van der Waals surface area contributed by atoms with Crippen LogP contribution in [-0.4, -0.2) is 35.6 Å². The summed E-state index contributed by atoms with van der Waals surface area (Å²) in [4.78, 5) is 34.5. The number of benzene rings is 1. The van der Waals surface area contributed by atoms with Gasteiger partial charge >= 0.3 is 12.0 Å². The Balaban J connectivity index is 2.72. The summed E-state index contributed by atoms with van der Waals surface area (Å²) in [5, 5.41) is 15.6. The lowest BCUT2D eigenvalue weighted by Gasteiger charge is -2.20. The van der Waals surface area contributed by atoms with Crippen LogP contribution in [0.25, 0.3) is 0 Å². The second-order valence-corrected chi connectivity index (χ2v) is 6.43. The molecule has 0 spiro atoms. The van der Waals surface area contributed by atoms with Crippen LogP contribution < -0.4 is 16.0 Å². The molecule has 7 nitrogen and oxygen atoms in total. The zero-order valence-corrected chi connectivity index (χ0v) is 14.8. The number of anilines is 1. The van der Waals surface area contributed by atoms with Gasteiger partial charge in [-0.25, -0.2) is 9.18 Å². The highest BCUT2D eigenvalue weighted by molar-refractivity contribution is 9.10. The van der Waals surface area contributed by atoms with E-state index in [1.54, 1.807) is 6.07 Å². The summed E-state index contributed by atoms with van der Waals surface area (Å²) in [5.74, 6) is -2.35. The number of carbonyl (C=O) groups excluding carboxylic acids is 2. The van der Waals surface area contributed by atoms with Gasteiger partial charge in [-0.1, -0.05) is 29.8 Å². The van der Waals surface area contributed by atoms with Crippen molar-refractivity contribution in [3.63, 3.8) is 0 Å². The number of carboxylic acids is 1. The number of nitrogens with one attached hydrogen (secondary N) is 3. The standard InChI is InChI=1S/C15H19BrFN3O4/c1-8(2)5-12(14(23)18-7-13(21)22)20-15(24)19-11-4-3-9(16)6-10(11)17/h3-4,6,8,12H,5,7H2,1-2H3,(H,18,23)(H,21,22)(H2,19,20,24)/t12-/m1/s1. The van der Waals surface area contributed by atoms with Crippen molar-refractivity contribution in [3.05, 3.63) is 28.5 Å². The summed E-state index contributed by atoms with van der Waals surface area (Å²) in [7, 11) is 0. The Morgan fingerprint density at radius 3 is 2.50 bits per heavy atom. The van der Waals surface area contributed by atoms with Crippen LogP contribution in [0.3, 0.4) is 0 Å². The highest BCUT2D eigenvalue weighted by Crippen LogP contribution is 2.19. The zero-order chi connectivity index (χ0) is 18.3. The van der Waals surface area contributed by atoms with Gasteiger partial charge in [0.25, 0.3) is 0 Å². The van der Waals surface area contributed by atoms with E-state index in [-0.39, 0.29) is 11.6 Å². The summed E-state index contributed by atoms with van der Waals surface area (Å²) in [5.41, 5.74) is -0.0371. The molecule has 1 aromatic rings. The minimum absolute atomic E-state index is 0.0371. The smallest absolute Gasteiger partial charge is 0.322 e. The summed E-state index contributed by atoms with van der Waals surface area (Å²) < 4.78 is 14.2. The minimum Gasteiger partial charge on any atom is -0.480 e. The number of carbonyl (C=O) groups is 3. The van der Waals surface area contributed by atoms with Gasteiger partial charge in [-0.2, -0.15) is 0 Å². The van der Waals surface area contributed by atoms with Crippen LogP contribution in [0.5, 0.6) is 0 Å². The molecule has 0 heterocycles. The molecule has 3 amide bonds. The lowest BCUT2D eigenvalue weighted by atomic mass is 10.0. The maximum Gasteiger partial charge on any atom is 0.322 e. The number of amides is 3. The van der Waals surface area contributed by atoms with E-state index >= 15 is 0 Å². The molecular formula is C15H19BrFN3O4. The molecule has 0 aromatic heterocycles. The van der Waals surface area contributed by atoms with Crippen LogP contribution in [-0.2, 0) is 9.59 Å². The maximum absolute atomic E-state index is 13.7. The predicted molar refractivity (Wildman–Crippen MR) is 90.1 cm³/mol. The van der Waals surface area contributed by atoms with Crippen molar-refractivity contribution in [3.8, 4) is 0 Å². The molecule has 0 unspecified atom stereocenters. The fraction of sp³-hybridized carbons (Fsp3) is 0.400. The van der Waals surface area contributed by atoms with Gasteiger partial charge in [0.2, 0.25) is 5.91 Å². The molecule has 1 aromatic carbocycles. The van der Waals surface area contributed by atoms with Gasteiger partial charge in [-0.3, -0.25) is 9.59 Å². The first-order valence-electron chi connectivity index (χ1n) is 7.21. The third kappa shape index (κ3) is 6.95. The first-order chi connectivity index (χ1) is 11.2. The number of hydrogen-bond donors (Lipinski definition) is 4. The van der Waals surface area contributed by atoms with Crippen LogP contribution in [0.4, 0.5) is 14.9 Å². The third-order valence-electron chi connectivity index (χ3n) is 2.92. The largest absolute Gasteiger partial charge is 0.480 e. The monoisotopic (exact) mass is 403 g/mol. The van der Waals surface area contributed by atoms with Gasteiger partial charge in [0.1, 0.15) is 18.4 Å².